The smallest absolute Gasteiger partial charge is 0.279 e. The highest BCUT2D eigenvalue weighted by atomic mass is 35.5. The molecule has 106 valence electrons. The molecule has 0 aromatic heterocycles. The van der Waals surface area contributed by atoms with Gasteiger partial charge >= 0.3 is 0 Å². The van der Waals surface area contributed by atoms with Crippen molar-refractivity contribution in [2.45, 2.75) is 6.54 Å². The van der Waals surface area contributed by atoms with Crippen LogP contribution in [0.3, 0.4) is 0 Å². The summed E-state index contributed by atoms with van der Waals surface area (Å²) in [5.41, 5.74) is 0.830. The Morgan fingerprint density at radius 3 is 2.79 bits per heavy atom. The molecule has 0 spiro atoms. The molecule has 0 aliphatic rings. The molecule has 0 unspecified atom stereocenters. The lowest BCUT2D eigenvalue weighted by Crippen LogP contribution is -2.38. The zero-order valence-corrected chi connectivity index (χ0v) is 12.5. The van der Waals surface area contributed by atoms with Gasteiger partial charge < -0.3 is 4.74 Å². The van der Waals surface area contributed by atoms with Gasteiger partial charge in [-0.05, 0) is 17.7 Å². The lowest BCUT2D eigenvalue weighted by molar-refractivity contribution is 0.412. The minimum absolute atomic E-state index is 0.00629. The minimum Gasteiger partial charge on any atom is -0.497 e. The van der Waals surface area contributed by atoms with Gasteiger partial charge in [-0.1, -0.05) is 30.3 Å². The largest absolute Gasteiger partial charge is 0.497 e. The molecule has 19 heavy (non-hydrogen) atoms. The van der Waals surface area contributed by atoms with Gasteiger partial charge in [-0.15, -0.1) is 0 Å². The Hall–Kier alpha value is -1.08. The maximum Gasteiger partial charge on any atom is 0.279 e. The number of ether oxygens (including phenoxy) is 1. The summed E-state index contributed by atoms with van der Waals surface area (Å²) in [5.74, 6) is 0.686. The molecule has 0 saturated carbocycles. The normalized spacial score (nSPS) is 11.6. The minimum atomic E-state index is -3.58. The molecule has 1 aromatic rings. The zero-order chi connectivity index (χ0) is 14.5. The summed E-state index contributed by atoms with van der Waals surface area (Å²) in [6.45, 7) is 3.67. The second-order valence-electron chi connectivity index (χ2n) is 3.95. The van der Waals surface area contributed by atoms with Crippen molar-refractivity contribution in [1.82, 2.24) is 9.03 Å². The number of hydrogen-bond donors (Lipinski definition) is 1. The number of halogens is 1. The quantitative estimate of drug-likeness (QED) is 0.834. The summed E-state index contributed by atoms with van der Waals surface area (Å²) < 4.78 is 32.4. The monoisotopic (exact) mass is 304 g/mol. The maximum absolute atomic E-state index is 11.9. The van der Waals surface area contributed by atoms with Gasteiger partial charge in [-0.25, -0.2) is 0 Å². The molecule has 0 fully saturated rings. The van der Waals surface area contributed by atoms with Crippen LogP contribution in [0.15, 0.2) is 35.9 Å². The van der Waals surface area contributed by atoms with E-state index in [-0.39, 0.29) is 18.1 Å². The fourth-order valence-electron chi connectivity index (χ4n) is 1.39. The molecule has 0 bridgehead atoms. The Morgan fingerprint density at radius 2 is 2.21 bits per heavy atom. The Balaban J connectivity index is 2.72. The summed E-state index contributed by atoms with van der Waals surface area (Å²) >= 11 is 5.53. The molecule has 0 aliphatic carbocycles. The van der Waals surface area contributed by atoms with Crippen LogP contribution in [-0.4, -0.2) is 33.4 Å². The van der Waals surface area contributed by atoms with E-state index in [4.69, 9.17) is 16.3 Å². The average Bonchev–Trinajstić information content (AvgIpc) is 2.36. The molecular formula is C12H17ClN2O3S. The van der Waals surface area contributed by atoms with Crippen molar-refractivity contribution >= 4 is 21.8 Å². The Kier molecular flexibility index (Phi) is 5.81. The summed E-state index contributed by atoms with van der Waals surface area (Å²) in [4.78, 5) is 0. The van der Waals surface area contributed by atoms with E-state index in [0.29, 0.717) is 5.75 Å². The second-order valence-corrected chi connectivity index (χ2v) is 6.35. The third-order valence-corrected chi connectivity index (χ3v) is 3.99. The van der Waals surface area contributed by atoms with Crippen molar-refractivity contribution in [2.75, 3.05) is 20.7 Å². The molecule has 1 N–H and O–H groups in total. The topological polar surface area (TPSA) is 58.6 Å². The van der Waals surface area contributed by atoms with Gasteiger partial charge in [0.25, 0.3) is 10.2 Å². The molecule has 1 aromatic carbocycles. The summed E-state index contributed by atoms with van der Waals surface area (Å²) in [7, 11) is -0.528. The van der Waals surface area contributed by atoms with E-state index in [1.807, 2.05) is 12.1 Å². The van der Waals surface area contributed by atoms with Crippen molar-refractivity contribution in [3.8, 4) is 5.75 Å². The van der Waals surface area contributed by atoms with Crippen LogP contribution in [0.1, 0.15) is 5.56 Å². The fraction of sp³-hybridized carbons (Fsp3) is 0.333. The van der Waals surface area contributed by atoms with Crippen molar-refractivity contribution in [3.05, 3.63) is 41.4 Å². The van der Waals surface area contributed by atoms with E-state index in [1.165, 1.54) is 11.4 Å². The van der Waals surface area contributed by atoms with E-state index >= 15 is 0 Å². The van der Waals surface area contributed by atoms with Crippen molar-refractivity contribution in [1.29, 1.82) is 0 Å². The van der Waals surface area contributed by atoms with Gasteiger partial charge in [0.1, 0.15) is 5.75 Å². The summed E-state index contributed by atoms with van der Waals surface area (Å²) in [6.07, 6.45) is 0. The molecule has 0 aliphatic heterocycles. The first kappa shape index (κ1) is 16.0. The molecule has 5 nitrogen and oxygen atoms in total. The van der Waals surface area contributed by atoms with Crippen LogP contribution in [0.4, 0.5) is 0 Å². The number of benzene rings is 1. The summed E-state index contributed by atoms with van der Waals surface area (Å²) in [6, 6.07) is 7.22. The second kappa shape index (κ2) is 6.91. The third kappa shape index (κ3) is 5.20. The van der Waals surface area contributed by atoms with Gasteiger partial charge in [-0.2, -0.15) is 17.4 Å². The van der Waals surface area contributed by atoms with Gasteiger partial charge in [-0.3, -0.25) is 0 Å². The van der Waals surface area contributed by atoms with Crippen molar-refractivity contribution < 1.29 is 13.2 Å². The Morgan fingerprint density at radius 1 is 1.53 bits per heavy atom. The highest BCUT2D eigenvalue weighted by Gasteiger charge is 2.17. The van der Waals surface area contributed by atoms with Crippen LogP contribution < -0.4 is 9.46 Å². The van der Waals surface area contributed by atoms with E-state index < -0.39 is 10.2 Å². The van der Waals surface area contributed by atoms with Crippen LogP contribution in [-0.2, 0) is 16.8 Å². The lowest BCUT2D eigenvalue weighted by atomic mass is 10.2. The zero-order valence-electron chi connectivity index (χ0n) is 10.9. The van der Waals surface area contributed by atoms with Crippen molar-refractivity contribution in [3.63, 3.8) is 0 Å². The Bertz CT molecular complexity index is 546. The van der Waals surface area contributed by atoms with Crippen molar-refractivity contribution in [2.24, 2.45) is 0 Å². The standard InChI is InChI=1S/C12H17ClN2O3S/c1-10(13)8-14-19(16,17)15(2)9-11-5-4-6-12(7-11)18-3/h4-7,14H,1,8-9H2,2-3H3. The van der Waals surface area contributed by atoms with E-state index in [9.17, 15) is 8.42 Å². The van der Waals surface area contributed by atoms with Crippen LogP contribution in [0.5, 0.6) is 5.75 Å². The predicted octanol–water partition coefficient (Wildman–Crippen LogP) is 1.71. The van der Waals surface area contributed by atoms with Crippen LogP contribution in [0, 0.1) is 0 Å². The molecular weight excluding hydrogens is 288 g/mol. The first-order chi connectivity index (χ1) is 8.85. The number of nitrogens with zero attached hydrogens (tertiary/aromatic N) is 1. The first-order valence-corrected chi connectivity index (χ1v) is 7.34. The number of methoxy groups -OCH3 is 1. The number of hydrogen-bond acceptors (Lipinski definition) is 3. The van der Waals surface area contributed by atoms with Gasteiger partial charge in [0, 0.05) is 25.2 Å². The SMILES string of the molecule is C=C(Cl)CNS(=O)(=O)N(C)Cc1cccc(OC)c1. The van der Waals surface area contributed by atoms with Gasteiger partial charge in [0.15, 0.2) is 0 Å². The summed E-state index contributed by atoms with van der Waals surface area (Å²) in [5, 5.41) is 0.235. The molecule has 7 heteroatoms. The molecule has 0 heterocycles. The van der Waals surface area contributed by atoms with Crippen LogP contribution in [0.25, 0.3) is 0 Å². The third-order valence-electron chi connectivity index (χ3n) is 2.40. The highest BCUT2D eigenvalue weighted by Crippen LogP contribution is 2.14. The van der Waals surface area contributed by atoms with Gasteiger partial charge in [0.05, 0.1) is 7.11 Å². The van der Waals surface area contributed by atoms with E-state index in [0.717, 1.165) is 5.56 Å². The number of rotatable bonds is 7. The van der Waals surface area contributed by atoms with E-state index in [2.05, 4.69) is 11.3 Å². The number of nitrogens with one attached hydrogen (secondary N) is 1. The average molecular weight is 305 g/mol. The fourth-order valence-corrected chi connectivity index (χ4v) is 2.43. The molecule has 0 atom stereocenters. The lowest BCUT2D eigenvalue weighted by Gasteiger charge is -2.17. The molecule has 0 saturated heterocycles. The van der Waals surface area contributed by atoms with Crippen LogP contribution in [0.2, 0.25) is 0 Å². The molecule has 1 rings (SSSR count). The Labute approximate surface area is 119 Å². The first-order valence-electron chi connectivity index (χ1n) is 5.52. The van der Waals surface area contributed by atoms with Gasteiger partial charge in [0.2, 0.25) is 0 Å². The molecule has 0 amide bonds. The highest BCUT2D eigenvalue weighted by molar-refractivity contribution is 7.87. The molecule has 0 radical (unpaired) electrons. The predicted molar refractivity (Wildman–Crippen MR) is 76.4 cm³/mol. The van der Waals surface area contributed by atoms with Crippen LogP contribution >= 0.6 is 11.6 Å². The maximum atomic E-state index is 11.9. The van der Waals surface area contributed by atoms with E-state index in [1.54, 1.807) is 19.2 Å².